The van der Waals surface area contributed by atoms with Gasteiger partial charge in [0.15, 0.2) is 0 Å². The molecular formula is C21H22FN3O4. The molecule has 0 aliphatic carbocycles. The van der Waals surface area contributed by atoms with Gasteiger partial charge in [-0.25, -0.2) is 4.39 Å². The van der Waals surface area contributed by atoms with Crippen LogP contribution in [0.2, 0.25) is 0 Å². The Kier molecular flexibility index (Phi) is 6.21. The second kappa shape index (κ2) is 8.81. The number of carbonyl (C=O) groups is 2. The number of hydrogen-bond donors (Lipinski definition) is 1. The van der Waals surface area contributed by atoms with Crippen molar-refractivity contribution in [2.45, 2.75) is 26.3 Å². The monoisotopic (exact) mass is 399 g/mol. The van der Waals surface area contributed by atoms with Gasteiger partial charge in [-0.15, -0.1) is 0 Å². The molecule has 0 saturated carbocycles. The lowest BCUT2D eigenvalue weighted by atomic mass is 9.95. The fourth-order valence-corrected chi connectivity index (χ4v) is 3.46. The third-order valence-electron chi connectivity index (χ3n) is 5.17. The van der Waals surface area contributed by atoms with Crippen molar-refractivity contribution in [2.75, 3.05) is 13.1 Å². The normalized spacial score (nSPS) is 14.5. The molecule has 29 heavy (non-hydrogen) atoms. The Bertz CT molecular complexity index is 922. The van der Waals surface area contributed by atoms with Crippen LogP contribution in [-0.2, 0) is 11.3 Å². The van der Waals surface area contributed by atoms with Gasteiger partial charge in [0.25, 0.3) is 11.6 Å². The van der Waals surface area contributed by atoms with E-state index in [0.717, 1.165) is 5.56 Å². The number of benzene rings is 2. The maximum atomic E-state index is 12.9. The number of nitrogens with one attached hydrogen (secondary N) is 1. The van der Waals surface area contributed by atoms with Gasteiger partial charge in [-0.05, 0) is 49.6 Å². The molecule has 0 radical (unpaired) electrons. The number of aryl methyl sites for hydroxylation is 1. The first kappa shape index (κ1) is 20.4. The Morgan fingerprint density at radius 3 is 2.41 bits per heavy atom. The lowest BCUT2D eigenvalue weighted by molar-refractivity contribution is -0.385. The molecule has 152 valence electrons. The number of amides is 2. The fraction of sp³-hybridized carbons (Fsp3) is 0.333. The average Bonchev–Trinajstić information content (AvgIpc) is 2.72. The lowest BCUT2D eigenvalue weighted by Gasteiger charge is -2.31. The van der Waals surface area contributed by atoms with Crippen molar-refractivity contribution < 1.29 is 18.9 Å². The minimum Gasteiger partial charge on any atom is -0.352 e. The van der Waals surface area contributed by atoms with Crippen molar-refractivity contribution in [3.63, 3.8) is 0 Å². The fourth-order valence-electron chi connectivity index (χ4n) is 3.46. The molecule has 2 amide bonds. The van der Waals surface area contributed by atoms with Gasteiger partial charge in [0.1, 0.15) is 5.82 Å². The first-order valence-corrected chi connectivity index (χ1v) is 9.41. The van der Waals surface area contributed by atoms with Crippen LogP contribution in [0.5, 0.6) is 0 Å². The number of rotatable bonds is 5. The van der Waals surface area contributed by atoms with Crippen LogP contribution in [0, 0.1) is 28.8 Å². The predicted molar refractivity (Wildman–Crippen MR) is 105 cm³/mol. The minimum atomic E-state index is -0.473. The van der Waals surface area contributed by atoms with Crippen molar-refractivity contribution in [1.82, 2.24) is 10.2 Å². The van der Waals surface area contributed by atoms with Crippen molar-refractivity contribution in [1.29, 1.82) is 0 Å². The number of piperidine rings is 1. The Morgan fingerprint density at radius 1 is 1.17 bits per heavy atom. The molecule has 1 fully saturated rings. The molecule has 2 aromatic carbocycles. The molecule has 1 aliphatic heterocycles. The maximum absolute atomic E-state index is 12.9. The van der Waals surface area contributed by atoms with Gasteiger partial charge in [-0.2, -0.15) is 0 Å². The maximum Gasteiger partial charge on any atom is 0.272 e. The lowest BCUT2D eigenvalue weighted by Crippen LogP contribution is -2.42. The number of likely N-dealkylation sites (tertiary alicyclic amines) is 1. The zero-order chi connectivity index (χ0) is 21.0. The number of nitrogens with zero attached hydrogens (tertiary/aromatic N) is 2. The van der Waals surface area contributed by atoms with Crippen LogP contribution in [0.1, 0.15) is 34.3 Å². The first-order chi connectivity index (χ1) is 13.8. The number of halogens is 1. The number of nitro benzene ring substituents is 1. The van der Waals surface area contributed by atoms with E-state index in [9.17, 15) is 24.1 Å². The van der Waals surface area contributed by atoms with Gasteiger partial charge < -0.3 is 10.2 Å². The largest absolute Gasteiger partial charge is 0.352 e. The van der Waals surface area contributed by atoms with Crippen molar-refractivity contribution in [2.24, 2.45) is 5.92 Å². The Balaban J connectivity index is 1.52. The van der Waals surface area contributed by atoms with Gasteiger partial charge in [0.05, 0.1) is 4.92 Å². The summed E-state index contributed by atoms with van der Waals surface area (Å²) in [5.41, 5.74) is 1.65. The van der Waals surface area contributed by atoms with Gasteiger partial charge >= 0.3 is 0 Å². The third kappa shape index (κ3) is 4.96. The molecule has 2 aromatic rings. The molecule has 1 aliphatic rings. The van der Waals surface area contributed by atoms with Crippen molar-refractivity contribution in [3.05, 3.63) is 75.1 Å². The predicted octanol–water partition coefficient (Wildman–Crippen LogP) is 3.21. The number of hydrogen-bond acceptors (Lipinski definition) is 4. The minimum absolute atomic E-state index is 0.0157. The molecule has 8 heteroatoms. The van der Waals surface area contributed by atoms with Gasteiger partial charge in [0.2, 0.25) is 5.91 Å². The molecular weight excluding hydrogens is 377 g/mol. The van der Waals surface area contributed by atoms with E-state index in [1.807, 2.05) is 0 Å². The van der Waals surface area contributed by atoms with Gasteiger partial charge in [-0.1, -0.05) is 12.1 Å². The molecule has 0 bridgehead atoms. The van der Waals surface area contributed by atoms with Crippen molar-refractivity contribution >= 4 is 17.5 Å². The van der Waals surface area contributed by atoms with Crippen molar-refractivity contribution in [3.8, 4) is 0 Å². The second-order valence-electron chi connectivity index (χ2n) is 7.17. The van der Waals surface area contributed by atoms with E-state index in [1.165, 1.54) is 30.3 Å². The Labute approximate surface area is 167 Å². The highest BCUT2D eigenvalue weighted by atomic mass is 19.1. The summed E-state index contributed by atoms with van der Waals surface area (Å²) in [5, 5.41) is 13.8. The van der Waals surface area contributed by atoms with Crippen LogP contribution in [0.3, 0.4) is 0 Å². The summed E-state index contributed by atoms with van der Waals surface area (Å²) in [6, 6.07) is 10.3. The number of carbonyl (C=O) groups excluding carboxylic acids is 2. The van der Waals surface area contributed by atoms with Crippen LogP contribution in [0.25, 0.3) is 0 Å². The van der Waals surface area contributed by atoms with Crippen LogP contribution in [0.4, 0.5) is 10.1 Å². The van der Waals surface area contributed by atoms with E-state index in [4.69, 9.17) is 0 Å². The summed E-state index contributed by atoms with van der Waals surface area (Å²) in [5.74, 6) is -0.765. The third-order valence-corrected chi connectivity index (χ3v) is 5.17. The molecule has 1 heterocycles. The summed E-state index contributed by atoms with van der Waals surface area (Å²) >= 11 is 0. The Morgan fingerprint density at radius 2 is 1.83 bits per heavy atom. The zero-order valence-corrected chi connectivity index (χ0v) is 16.1. The highest BCUT2D eigenvalue weighted by molar-refractivity contribution is 5.95. The van der Waals surface area contributed by atoms with Gasteiger partial charge in [-0.3, -0.25) is 19.7 Å². The first-order valence-electron chi connectivity index (χ1n) is 9.41. The molecule has 3 rings (SSSR count). The molecule has 0 aromatic heterocycles. The van der Waals surface area contributed by atoms with E-state index in [-0.39, 0.29) is 29.2 Å². The van der Waals surface area contributed by atoms with E-state index in [0.29, 0.717) is 43.6 Å². The highest BCUT2D eigenvalue weighted by Crippen LogP contribution is 2.23. The van der Waals surface area contributed by atoms with Gasteiger partial charge in [0, 0.05) is 42.7 Å². The van der Waals surface area contributed by atoms with E-state index in [2.05, 4.69) is 5.32 Å². The summed E-state index contributed by atoms with van der Waals surface area (Å²) in [6.45, 7) is 2.83. The second-order valence-corrected chi connectivity index (χ2v) is 7.17. The van der Waals surface area contributed by atoms with Crippen LogP contribution in [0.15, 0.2) is 42.5 Å². The molecule has 1 N–H and O–H groups in total. The smallest absolute Gasteiger partial charge is 0.272 e. The SMILES string of the molecule is Cc1cc(C(=O)N2CCC(C(=O)NCc3ccc(F)cc3)CC2)ccc1[N+](=O)[O-]. The molecule has 0 atom stereocenters. The molecule has 0 unspecified atom stereocenters. The average molecular weight is 399 g/mol. The van der Waals surface area contributed by atoms with Crippen LogP contribution >= 0.6 is 0 Å². The van der Waals surface area contributed by atoms with E-state index in [1.54, 1.807) is 24.0 Å². The van der Waals surface area contributed by atoms with Crippen LogP contribution in [-0.4, -0.2) is 34.7 Å². The summed E-state index contributed by atoms with van der Waals surface area (Å²) < 4.78 is 12.9. The van der Waals surface area contributed by atoms with E-state index >= 15 is 0 Å². The molecule has 1 saturated heterocycles. The summed E-state index contributed by atoms with van der Waals surface area (Å²) in [6.07, 6.45) is 1.10. The molecule has 0 spiro atoms. The van der Waals surface area contributed by atoms with Crippen LogP contribution < -0.4 is 5.32 Å². The summed E-state index contributed by atoms with van der Waals surface area (Å²) in [4.78, 5) is 37.2. The standard InChI is InChI=1S/C21H22FN3O4/c1-14-12-17(4-7-19(14)25(28)29)21(27)24-10-8-16(9-11-24)20(26)23-13-15-2-5-18(22)6-3-15/h2-7,12,16H,8-11,13H2,1H3,(H,23,26). The Hall–Kier alpha value is -3.29. The number of nitro groups is 1. The quantitative estimate of drug-likeness (QED) is 0.617. The molecule has 7 nitrogen and oxygen atoms in total. The topological polar surface area (TPSA) is 92.6 Å². The summed E-state index contributed by atoms with van der Waals surface area (Å²) in [7, 11) is 0. The zero-order valence-electron chi connectivity index (χ0n) is 16.1. The highest BCUT2D eigenvalue weighted by Gasteiger charge is 2.28. The van der Waals surface area contributed by atoms with E-state index < -0.39 is 4.92 Å².